The lowest BCUT2D eigenvalue weighted by molar-refractivity contribution is -0.0120. The van der Waals surface area contributed by atoms with Crippen LogP contribution in [0.1, 0.15) is 37.7 Å². The van der Waals surface area contributed by atoms with Gasteiger partial charge in [0.05, 0.1) is 18.0 Å². The van der Waals surface area contributed by atoms with Crippen molar-refractivity contribution in [3.63, 3.8) is 0 Å². The number of halogens is 1. The zero-order valence-corrected chi connectivity index (χ0v) is 13.9. The molecule has 0 amide bonds. The molecule has 1 saturated carbocycles. The molecule has 2 atom stereocenters. The third-order valence-electron chi connectivity index (χ3n) is 5.66. The Morgan fingerprint density at radius 3 is 2.96 bits per heavy atom. The molecule has 1 aromatic carbocycles. The fourth-order valence-corrected chi connectivity index (χ4v) is 4.45. The Morgan fingerprint density at radius 2 is 2.17 bits per heavy atom. The molecule has 128 valence electrons. The summed E-state index contributed by atoms with van der Waals surface area (Å²) in [5.41, 5.74) is 1.97. The zero-order chi connectivity index (χ0) is 16.6. The number of likely N-dealkylation sites (tertiary alicyclic amines) is 1. The second kappa shape index (κ2) is 6.30. The van der Waals surface area contributed by atoms with E-state index in [4.69, 9.17) is 0 Å². The fraction of sp³-hybridized carbons (Fsp3) is 0.526. The standard InChI is InChI=1S/C19H24FN3O/c20-16-4-1-5-17(10-16)23-13-15(11-21-23)12-22-9-3-8-19(14-22)7-2-6-18(19)24/h1,4-5,10-11,13,18,24H,2-3,6-9,12,14H2/t18-,19+/m1/s1. The zero-order valence-electron chi connectivity index (χ0n) is 13.9. The first-order chi connectivity index (χ1) is 11.6. The molecule has 0 radical (unpaired) electrons. The summed E-state index contributed by atoms with van der Waals surface area (Å²) in [5, 5.41) is 14.8. The number of hydrogen-bond acceptors (Lipinski definition) is 3. The lowest BCUT2D eigenvalue weighted by Gasteiger charge is -2.42. The van der Waals surface area contributed by atoms with Crippen molar-refractivity contribution in [3.05, 3.63) is 48.0 Å². The number of aliphatic hydroxyl groups is 1. The Bertz CT molecular complexity index is 716. The molecule has 1 N–H and O–H groups in total. The van der Waals surface area contributed by atoms with Crippen LogP contribution < -0.4 is 0 Å². The number of piperidine rings is 1. The van der Waals surface area contributed by atoms with Gasteiger partial charge in [-0.1, -0.05) is 12.5 Å². The molecule has 2 heterocycles. The smallest absolute Gasteiger partial charge is 0.125 e. The lowest BCUT2D eigenvalue weighted by Crippen LogP contribution is -2.46. The Labute approximate surface area is 141 Å². The van der Waals surface area contributed by atoms with Crippen LogP contribution >= 0.6 is 0 Å². The van der Waals surface area contributed by atoms with Crippen molar-refractivity contribution in [2.75, 3.05) is 13.1 Å². The van der Waals surface area contributed by atoms with Crippen LogP contribution in [0.25, 0.3) is 5.69 Å². The molecule has 24 heavy (non-hydrogen) atoms. The highest BCUT2D eigenvalue weighted by atomic mass is 19.1. The Kier molecular flexibility index (Phi) is 4.14. The summed E-state index contributed by atoms with van der Waals surface area (Å²) < 4.78 is 15.1. The van der Waals surface area contributed by atoms with Crippen LogP contribution in [-0.4, -0.2) is 39.0 Å². The van der Waals surface area contributed by atoms with E-state index in [2.05, 4.69) is 10.00 Å². The van der Waals surface area contributed by atoms with Crippen LogP contribution in [0.5, 0.6) is 0 Å². The lowest BCUT2D eigenvalue weighted by atomic mass is 9.76. The van der Waals surface area contributed by atoms with Crippen molar-refractivity contribution in [1.29, 1.82) is 0 Å². The van der Waals surface area contributed by atoms with E-state index in [0.29, 0.717) is 0 Å². The predicted molar refractivity (Wildman–Crippen MR) is 90.3 cm³/mol. The quantitative estimate of drug-likeness (QED) is 0.940. The van der Waals surface area contributed by atoms with Crippen LogP contribution in [0.15, 0.2) is 36.7 Å². The number of hydrogen-bond donors (Lipinski definition) is 1. The second-order valence-electron chi connectivity index (χ2n) is 7.36. The maximum Gasteiger partial charge on any atom is 0.125 e. The van der Waals surface area contributed by atoms with Gasteiger partial charge in [-0.3, -0.25) is 4.90 Å². The molecular weight excluding hydrogens is 305 g/mol. The number of rotatable bonds is 3. The highest BCUT2D eigenvalue weighted by Gasteiger charge is 2.44. The van der Waals surface area contributed by atoms with Crippen molar-refractivity contribution in [3.8, 4) is 5.69 Å². The first kappa shape index (κ1) is 15.8. The maximum atomic E-state index is 13.4. The largest absolute Gasteiger partial charge is 0.393 e. The van der Waals surface area contributed by atoms with Gasteiger partial charge in [0, 0.05) is 30.3 Å². The third-order valence-corrected chi connectivity index (χ3v) is 5.66. The van der Waals surface area contributed by atoms with Crippen LogP contribution in [0.4, 0.5) is 4.39 Å². The minimum atomic E-state index is -0.252. The SMILES string of the molecule is O[C@@H]1CCC[C@@]12CCCN(Cc1cnn(-c3cccc(F)c3)c1)C2. The molecule has 4 nitrogen and oxygen atoms in total. The molecular formula is C19H24FN3O. The third kappa shape index (κ3) is 2.98. The molecule has 1 aromatic heterocycles. The summed E-state index contributed by atoms with van der Waals surface area (Å²) in [4.78, 5) is 2.44. The summed E-state index contributed by atoms with van der Waals surface area (Å²) in [5.74, 6) is -0.252. The predicted octanol–water partition coefficient (Wildman–Crippen LogP) is 3.14. The van der Waals surface area contributed by atoms with Crippen LogP contribution in [0.3, 0.4) is 0 Å². The molecule has 5 heteroatoms. The normalized spacial score (nSPS) is 27.8. The molecule has 1 saturated heterocycles. The molecule has 2 aromatic rings. The minimum Gasteiger partial charge on any atom is -0.393 e. The molecule has 0 bridgehead atoms. The molecule has 2 fully saturated rings. The first-order valence-electron chi connectivity index (χ1n) is 8.85. The molecule has 1 aliphatic carbocycles. The van der Waals surface area contributed by atoms with Crippen molar-refractivity contribution >= 4 is 0 Å². The van der Waals surface area contributed by atoms with E-state index in [1.165, 1.54) is 12.1 Å². The molecule has 1 spiro atoms. The summed E-state index contributed by atoms with van der Waals surface area (Å²) in [6, 6.07) is 6.47. The Morgan fingerprint density at radius 1 is 1.29 bits per heavy atom. The number of benzene rings is 1. The summed E-state index contributed by atoms with van der Waals surface area (Å²) in [6.45, 7) is 2.88. The van der Waals surface area contributed by atoms with Gasteiger partial charge in [0.1, 0.15) is 5.82 Å². The van der Waals surface area contributed by atoms with E-state index >= 15 is 0 Å². The van der Waals surface area contributed by atoms with Crippen LogP contribution in [-0.2, 0) is 6.54 Å². The van der Waals surface area contributed by atoms with Crippen molar-refractivity contribution in [2.45, 2.75) is 44.8 Å². The maximum absolute atomic E-state index is 13.4. The first-order valence-corrected chi connectivity index (χ1v) is 8.85. The minimum absolute atomic E-state index is 0.108. The van der Waals surface area contributed by atoms with Crippen molar-refractivity contribution in [2.24, 2.45) is 5.41 Å². The van der Waals surface area contributed by atoms with E-state index < -0.39 is 0 Å². The van der Waals surface area contributed by atoms with Gasteiger partial charge in [-0.15, -0.1) is 0 Å². The average molecular weight is 329 g/mol. The summed E-state index contributed by atoms with van der Waals surface area (Å²) in [6.07, 6.45) is 9.22. The van der Waals surface area contributed by atoms with Gasteiger partial charge in [0.25, 0.3) is 0 Å². The molecule has 2 aliphatic rings. The van der Waals surface area contributed by atoms with Crippen molar-refractivity contribution < 1.29 is 9.50 Å². The van der Waals surface area contributed by atoms with E-state index in [1.54, 1.807) is 10.7 Å². The molecule has 0 unspecified atom stereocenters. The van der Waals surface area contributed by atoms with Crippen LogP contribution in [0.2, 0.25) is 0 Å². The van der Waals surface area contributed by atoms with Gasteiger partial charge in [-0.05, 0) is 50.4 Å². The second-order valence-corrected chi connectivity index (χ2v) is 7.36. The van der Waals surface area contributed by atoms with E-state index in [9.17, 15) is 9.50 Å². The highest BCUT2D eigenvalue weighted by Crippen LogP contribution is 2.45. The summed E-state index contributed by atoms with van der Waals surface area (Å²) in [7, 11) is 0. The van der Waals surface area contributed by atoms with Gasteiger partial charge in [-0.25, -0.2) is 9.07 Å². The van der Waals surface area contributed by atoms with Gasteiger partial charge < -0.3 is 5.11 Å². The summed E-state index contributed by atoms with van der Waals surface area (Å²) >= 11 is 0. The molecule has 4 rings (SSSR count). The average Bonchev–Trinajstić information content (AvgIpc) is 3.16. The Hall–Kier alpha value is -1.72. The highest BCUT2D eigenvalue weighted by molar-refractivity contribution is 5.31. The Balaban J connectivity index is 1.46. The molecule has 1 aliphatic heterocycles. The number of nitrogens with zero attached hydrogens (tertiary/aromatic N) is 3. The van der Waals surface area contributed by atoms with E-state index in [-0.39, 0.29) is 17.3 Å². The van der Waals surface area contributed by atoms with Gasteiger partial charge in [0.15, 0.2) is 0 Å². The van der Waals surface area contributed by atoms with Crippen molar-refractivity contribution in [1.82, 2.24) is 14.7 Å². The van der Waals surface area contributed by atoms with Gasteiger partial charge in [-0.2, -0.15) is 5.10 Å². The van der Waals surface area contributed by atoms with E-state index in [1.807, 2.05) is 18.5 Å². The van der Waals surface area contributed by atoms with E-state index in [0.717, 1.165) is 63.0 Å². The number of aromatic nitrogens is 2. The fourth-order valence-electron chi connectivity index (χ4n) is 4.45. The van der Waals surface area contributed by atoms with Gasteiger partial charge >= 0.3 is 0 Å². The van der Waals surface area contributed by atoms with Gasteiger partial charge in [0.2, 0.25) is 0 Å². The topological polar surface area (TPSA) is 41.3 Å². The number of aliphatic hydroxyl groups excluding tert-OH is 1. The van der Waals surface area contributed by atoms with Crippen LogP contribution in [0, 0.1) is 11.2 Å². The monoisotopic (exact) mass is 329 g/mol.